The highest BCUT2D eigenvalue weighted by atomic mass is 16.5. The van der Waals surface area contributed by atoms with Gasteiger partial charge in [-0.05, 0) is 36.6 Å². The van der Waals surface area contributed by atoms with Crippen LogP contribution in [0.3, 0.4) is 0 Å². The van der Waals surface area contributed by atoms with Crippen LogP contribution in [0.15, 0.2) is 24.3 Å². The largest absolute Gasteiger partial charge is 0.497 e. The van der Waals surface area contributed by atoms with Crippen molar-refractivity contribution in [1.82, 2.24) is 15.1 Å². The lowest BCUT2D eigenvalue weighted by atomic mass is 9.84. The number of nitrogens with one attached hydrogen (secondary N) is 1. The highest BCUT2D eigenvalue weighted by Crippen LogP contribution is 2.34. The zero-order valence-corrected chi connectivity index (χ0v) is 15.4. The maximum atomic E-state index is 11.8. The van der Waals surface area contributed by atoms with Crippen molar-refractivity contribution < 1.29 is 14.3 Å². The Hall–Kier alpha value is -1.79. The Balaban J connectivity index is 1.54. The topological polar surface area (TPSA) is 54.0 Å². The van der Waals surface area contributed by atoms with Crippen LogP contribution in [0.4, 0.5) is 4.79 Å². The quantitative estimate of drug-likeness (QED) is 0.883. The van der Waals surface area contributed by atoms with Gasteiger partial charge in [-0.3, -0.25) is 4.90 Å². The van der Waals surface area contributed by atoms with E-state index in [-0.39, 0.29) is 12.1 Å². The molecule has 2 aliphatic rings. The van der Waals surface area contributed by atoms with Crippen LogP contribution in [0.1, 0.15) is 12.0 Å². The summed E-state index contributed by atoms with van der Waals surface area (Å²) >= 11 is 0. The Morgan fingerprint density at radius 2 is 2.12 bits per heavy atom. The SMILES string of the molecule is COc1ccc(CN2CC[C@H]3CO[C@H](CNC(=O)N(C)C)[C@H]3C2)cc1. The number of fused-ring (bicyclic) bond motifs is 1. The molecule has 138 valence electrons. The second-order valence-corrected chi connectivity index (χ2v) is 7.25. The standard InChI is InChI=1S/C19H29N3O3/c1-21(2)19(23)20-10-18-17-12-22(9-8-15(17)13-25-18)11-14-4-6-16(24-3)7-5-14/h4-7,15,17-18H,8-13H2,1-3H3,(H,20,23)/t15-,17-,18+/m0/s1. The van der Waals surface area contributed by atoms with Gasteiger partial charge in [0.2, 0.25) is 0 Å². The normalized spacial score (nSPS) is 26.1. The minimum atomic E-state index is -0.0575. The van der Waals surface area contributed by atoms with Gasteiger partial charge in [-0.25, -0.2) is 4.79 Å². The molecule has 1 aromatic rings. The van der Waals surface area contributed by atoms with Crippen molar-refractivity contribution in [2.24, 2.45) is 11.8 Å². The molecule has 3 atom stereocenters. The molecule has 0 radical (unpaired) electrons. The van der Waals surface area contributed by atoms with E-state index in [1.54, 1.807) is 26.1 Å². The monoisotopic (exact) mass is 347 g/mol. The van der Waals surface area contributed by atoms with Crippen molar-refractivity contribution in [2.75, 3.05) is 47.4 Å². The number of amides is 2. The van der Waals surface area contributed by atoms with Crippen LogP contribution in [0.5, 0.6) is 5.75 Å². The van der Waals surface area contributed by atoms with E-state index in [0.717, 1.165) is 32.0 Å². The van der Waals surface area contributed by atoms with Gasteiger partial charge >= 0.3 is 6.03 Å². The Bertz CT molecular complexity index is 576. The molecular formula is C19H29N3O3. The van der Waals surface area contributed by atoms with E-state index in [2.05, 4.69) is 22.3 Å². The maximum Gasteiger partial charge on any atom is 0.316 e. The van der Waals surface area contributed by atoms with E-state index in [4.69, 9.17) is 9.47 Å². The van der Waals surface area contributed by atoms with E-state index >= 15 is 0 Å². The van der Waals surface area contributed by atoms with Gasteiger partial charge < -0.3 is 19.7 Å². The highest BCUT2D eigenvalue weighted by Gasteiger charge is 2.40. The molecule has 0 aromatic heterocycles. The number of likely N-dealkylation sites (tertiary alicyclic amines) is 1. The summed E-state index contributed by atoms with van der Waals surface area (Å²) in [5.74, 6) is 2.01. The summed E-state index contributed by atoms with van der Waals surface area (Å²) < 4.78 is 11.2. The van der Waals surface area contributed by atoms with Crippen molar-refractivity contribution in [3.05, 3.63) is 29.8 Å². The first-order chi connectivity index (χ1) is 12.1. The summed E-state index contributed by atoms with van der Waals surface area (Å²) in [5, 5.41) is 2.96. The smallest absolute Gasteiger partial charge is 0.316 e. The Morgan fingerprint density at radius 3 is 2.80 bits per heavy atom. The highest BCUT2D eigenvalue weighted by molar-refractivity contribution is 5.73. The lowest BCUT2D eigenvalue weighted by Gasteiger charge is -2.36. The minimum absolute atomic E-state index is 0.0575. The van der Waals surface area contributed by atoms with Gasteiger partial charge in [0.1, 0.15) is 5.75 Å². The average molecular weight is 347 g/mol. The molecule has 2 aliphatic heterocycles. The number of benzene rings is 1. The number of piperidine rings is 1. The van der Waals surface area contributed by atoms with Crippen LogP contribution >= 0.6 is 0 Å². The zero-order valence-electron chi connectivity index (χ0n) is 15.4. The lowest BCUT2D eigenvalue weighted by Crippen LogP contribution is -2.46. The van der Waals surface area contributed by atoms with Gasteiger partial charge in [-0.15, -0.1) is 0 Å². The fourth-order valence-electron chi connectivity index (χ4n) is 3.79. The average Bonchev–Trinajstić information content (AvgIpc) is 3.02. The number of carbonyl (C=O) groups is 1. The summed E-state index contributed by atoms with van der Waals surface area (Å²) in [6, 6.07) is 8.23. The van der Waals surface area contributed by atoms with E-state index < -0.39 is 0 Å². The van der Waals surface area contributed by atoms with Gasteiger partial charge in [0, 0.05) is 39.6 Å². The van der Waals surface area contributed by atoms with Crippen molar-refractivity contribution in [3.63, 3.8) is 0 Å². The molecule has 25 heavy (non-hydrogen) atoms. The Morgan fingerprint density at radius 1 is 1.36 bits per heavy atom. The first kappa shape index (κ1) is 18.0. The summed E-state index contributed by atoms with van der Waals surface area (Å²) in [6.45, 7) is 4.49. The lowest BCUT2D eigenvalue weighted by molar-refractivity contribution is 0.0744. The van der Waals surface area contributed by atoms with Crippen molar-refractivity contribution in [1.29, 1.82) is 0 Å². The number of nitrogens with zero attached hydrogens (tertiary/aromatic N) is 2. The first-order valence-electron chi connectivity index (χ1n) is 8.99. The minimum Gasteiger partial charge on any atom is -0.497 e. The van der Waals surface area contributed by atoms with Gasteiger partial charge in [0.15, 0.2) is 0 Å². The number of ether oxygens (including phenoxy) is 2. The summed E-state index contributed by atoms with van der Waals surface area (Å²) in [6.07, 6.45) is 1.28. The van der Waals surface area contributed by atoms with E-state index in [1.807, 2.05) is 12.1 Å². The zero-order chi connectivity index (χ0) is 17.8. The second kappa shape index (κ2) is 8.06. The third-order valence-electron chi connectivity index (χ3n) is 5.32. The molecule has 6 heteroatoms. The molecule has 2 heterocycles. The third kappa shape index (κ3) is 4.44. The van der Waals surface area contributed by atoms with Gasteiger partial charge in [0.25, 0.3) is 0 Å². The predicted octanol–water partition coefficient (Wildman–Crippen LogP) is 1.80. The van der Waals surface area contributed by atoms with Crippen LogP contribution in [0.2, 0.25) is 0 Å². The Kier molecular flexibility index (Phi) is 5.81. The molecule has 0 unspecified atom stereocenters. The molecule has 0 spiro atoms. The number of urea groups is 1. The summed E-state index contributed by atoms with van der Waals surface area (Å²) in [4.78, 5) is 15.8. The fraction of sp³-hybridized carbons (Fsp3) is 0.632. The summed E-state index contributed by atoms with van der Waals surface area (Å²) in [7, 11) is 5.20. The first-order valence-corrected chi connectivity index (χ1v) is 8.99. The Labute approximate surface area is 150 Å². The van der Waals surface area contributed by atoms with Crippen LogP contribution in [-0.2, 0) is 11.3 Å². The number of hydrogen-bond donors (Lipinski definition) is 1. The molecule has 0 aliphatic carbocycles. The molecule has 0 bridgehead atoms. The second-order valence-electron chi connectivity index (χ2n) is 7.25. The number of methoxy groups -OCH3 is 1. The summed E-state index contributed by atoms with van der Waals surface area (Å²) in [5.41, 5.74) is 1.30. The van der Waals surface area contributed by atoms with Gasteiger partial charge in [0.05, 0.1) is 19.8 Å². The van der Waals surface area contributed by atoms with Gasteiger partial charge in [-0.2, -0.15) is 0 Å². The molecule has 1 aromatic carbocycles. The van der Waals surface area contributed by atoms with E-state index in [9.17, 15) is 4.79 Å². The van der Waals surface area contributed by atoms with Crippen molar-refractivity contribution >= 4 is 6.03 Å². The van der Waals surface area contributed by atoms with Crippen LogP contribution in [0.25, 0.3) is 0 Å². The number of rotatable bonds is 5. The van der Waals surface area contributed by atoms with Crippen LogP contribution in [-0.4, -0.2) is 69.4 Å². The molecule has 0 saturated carbocycles. The predicted molar refractivity (Wildman–Crippen MR) is 96.7 cm³/mol. The van der Waals surface area contributed by atoms with Crippen LogP contribution < -0.4 is 10.1 Å². The molecule has 6 nitrogen and oxygen atoms in total. The van der Waals surface area contributed by atoms with Crippen molar-refractivity contribution in [2.45, 2.75) is 19.1 Å². The van der Waals surface area contributed by atoms with E-state index in [0.29, 0.717) is 18.4 Å². The molecule has 3 rings (SSSR count). The number of hydrogen-bond acceptors (Lipinski definition) is 4. The van der Waals surface area contributed by atoms with E-state index in [1.165, 1.54) is 12.0 Å². The molecule has 2 amide bonds. The third-order valence-corrected chi connectivity index (χ3v) is 5.32. The fourth-order valence-corrected chi connectivity index (χ4v) is 3.79. The maximum absolute atomic E-state index is 11.8. The molecule has 2 saturated heterocycles. The van der Waals surface area contributed by atoms with Crippen LogP contribution in [0, 0.1) is 11.8 Å². The molecule has 2 fully saturated rings. The number of carbonyl (C=O) groups excluding carboxylic acids is 1. The molecule has 1 N–H and O–H groups in total. The van der Waals surface area contributed by atoms with Gasteiger partial charge in [-0.1, -0.05) is 12.1 Å². The van der Waals surface area contributed by atoms with Crippen molar-refractivity contribution in [3.8, 4) is 5.75 Å². The molecular weight excluding hydrogens is 318 g/mol.